The quantitative estimate of drug-likeness (QED) is 0.0411. The number of thioether (sulfide) groups is 2. The maximum absolute atomic E-state index is 15.8. The number of nitrogen functional groups attached to an aromatic ring is 1. The molecule has 5 N–H and O–H groups in total. The van der Waals surface area contributed by atoms with Crippen LogP contribution in [0.2, 0.25) is 0 Å². The zero-order valence-electron chi connectivity index (χ0n) is 27.1. The molecule has 262 valence electrons. The molecule has 7 rings (SSSR count). The maximum atomic E-state index is 15.8. The number of carboxylic acids is 1. The topological polar surface area (TPSA) is 166 Å². The third-order valence-corrected chi connectivity index (χ3v) is 12.3. The zero-order chi connectivity index (χ0) is 35.1. The Morgan fingerprint density at radius 3 is 2.90 bits per heavy atom. The molecule has 5 heterocycles. The second-order valence-electron chi connectivity index (χ2n) is 12.4. The highest BCUT2D eigenvalue weighted by Gasteiger charge is 2.54. The Morgan fingerprint density at radius 2 is 2.20 bits per heavy atom. The van der Waals surface area contributed by atoms with Crippen molar-refractivity contribution in [2.24, 2.45) is 5.16 Å². The van der Waals surface area contributed by atoms with Crippen molar-refractivity contribution < 1.29 is 33.3 Å². The molecule has 13 nitrogen and oxygen atoms in total. The number of hydrogen-bond acceptors (Lipinski definition) is 12. The lowest BCUT2D eigenvalue weighted by molar-refractivity contribution is -0.675. The van der Waals surface area contributed by atoms with Crippen LogP contribution in [-0.4, -0.2) is 99.6 Å². The number of nitrogens with one attached hydrogen (secondary N) is 2. The molecule has 2 unspecified atom stereocenters. The monoisotopic (exact) mass is 739 g/mol. The summed E-state index contributed by atoms with van der Waals surface area (Å²) in [5.41, 5.74) is 7.85. The highest BCUT2D eigenvalue weighted by atomic mass is 32.2. The minimum Gasteiger partial charge on any atom is -0.477 e. The number of thiazole rings is 1. The van der Waals surface area contributed by atoms with Crippen LogP contribution in [0.4, 0.5) is 9.52 Å². The van der Waals surface area contributed by atoms with Crippen molar-refractivity contribution in [2.45, 2.75) is 41.2 Å². The van der Waals surface area contributed by atoms with Crippen LogP contribution in [0.3, 0.4) is 0 Å². The number of likely N-dealkylation sites (N-methyl/N-ethyl adjacent to an activating group) is 1. The molecule has 17 heteroatoms. The number of aromatic nitrogens is 2. The zero-order valence-corrected chi connectivity index (χ0v) is 29.6. The van der Waals surface area contributed by atoms with Gasteiger partial charge < -0.3 is 26.3 Å². The van der Waals surface area contributed by atoms with Crippen molar-refractivity contribution in [1.29, 1.82) is 0 Å². The van der Waals surface area contributed by atoms with Gasteiger partial charge in [-0.1, -0.05) is 17.8 Å². The molecule has 3 atom stereocenters. The van der Waals surface area contributed by atoms with Gasteiger partial charge in [0.05, 0.1) is 11.4 Å². The SMILES string of the molecule is C=CCON=C(C(=O)NC1C(=O)N2C(C(=O)O)=C(CSc3cc[n+](C4CC4)c4cc(C5CNCCN5C)c(F)cc34)CS[C@@H]12)c1csc(N)n1. The first kappa shape index (κ1) is 34.4. The van der Waals surface area contributed by atoms with E-state index in [0.29, 0.717) is 29.5 Å². The molecule has 2 amide bonds. The van der Waals surface area contributed by atoms with E-state index < -0.39 is 29.2 Å². The Balaban J connectivity index is 1.11. The predicted octanol–water partition coefficient (Wildman–Crippen LogP) is 2.65. The van der Waals surface area contributed by atoms with Crippen LogP contribution < -0.4 is 20.9 Å². The fraction of sp³-hybridized carbons (Fsp3) is 0.394. The van der Waals surface area contributed by atoms with Crippen LogP contribution in [0.1, 0.15) is 36.2 Å². The van der Waals surface area contributed by atoms with Crippen LogP contribution in [0, 0.1) is 5.82 Å². The Labute approximate surface area is 299 Å². The van der Waals surface area contributed by atoms with E-state index in [4.69, 9.17) is 10.6 Å². The number of anilines is 1. The van der Waals surface area contributed by atoms with Gasteiger partial charge in [0.25, 0.3) is 11.8 Å². The lowest BCUT2D eigenvalue weighted by atomic mass is 10.0. The molecule has 50 heavy (non-hydrogen) atoms. The molecular formula is C33H36FN8O5S3+. The molecule has 3 aromatic rings. The van der Waals surface area contributed by atoms with Crippen molar-refractivity contribution in [2.75, 3.05) is 50.5 Å². The summed E-state index contributed by atoms with van der Waals surface area (Å²) in [4.78, 5) is 52.8. The number of carbonyl (C=O) groups excluding carboxylic acids is 2. The minimum atomic E-state index is -1.23. The summed E-state index contributed by atoms with van der Waals surface area (Å²) in [5, 5.41) is 22.1. The largest absolute Gasteiger partial charge is 0.477 e. The molecule has 1 aliphatic carbocycles. The molecule has 0 radical (unpaired) electrons. The molecule has 0 spiro atoms. The summed E-state index contributed by atoms with van der Waals surface area (Å²) in [6, 6.07) is 4.86. The molecule has 2 saturated heterocycles. The Morgan fingerprint density at radius 1 is 1.38 bits per heavy atom. The number of carbonyl (C=O) groups is 3. The number of hydrogen-bond donors (Lipinski definition) is 4. The summed E-state index contributed by atoms with van der Waals surface area (Å²) >= 11 is 3.91. The molecule has 4 aliphatic rings. The van der Waals surface area contributed by atoms with Gasteiger partial charge in [-0.25, -0.2) is 14.2 Å². The summed E-state index contributed by atoms with van der Waals surface area (Å²) in [6.45, 7) is 5.96. The van der Waals surface area contributed by atoms with Gasteiger partial charge in [-0.3, -0.25) is 19.4 Å². The van der Waals surface area contributed by atoms with E-state index in [9.17, 15) is 19.5 Å². The van der Waals surface area contributed by atoms with Gasteiger partial charge in [0.2, 0.25) is 5.52 Å². The standard InChI is InChI=1S/C33H35FN8O5S3/c1-3-10-47-39-26(22-16-50-33(35)37-22)29(43)38-27-30(44)42-28(32(45)46)17(15-49-31(27)42)14-48-25-6-8-41(18-4-5-18)23-12-19(21(34)11-20(23)25)24-13-36-7-9-40(24)2/h3,6,8,11-12,16,18,24,27,31,36H,1,4-5,7,9-10,13-15H2,2H3,(H3-,35,37,38,43,45,46)/p+1/t24?,27?,31-/m0/s1. The van der Waals surface area contributed by atoms with Crippen molar-refractivity contribution in [1.82, 2.24) is 25.4 Å². The third kappa shape index (κ3) is 6.59. The number of oxime groups is 1. The first-order valence-electron chi connectivity index (χ1n) is 16.1. The second-order valence-corrected chi connectivity index (χ2v) is 15.4. The maximum Gasteiger partial charge on any atom is 0.352 e. The van der Waals surface area contributed by atoms with Crippen molar-refractivity contribution in [3.05, 3.63) is 70.8 Å². The number of benzene rings is 1. The number of pyridine rings is 1. The second kappa shape index (κ2) is 14.3. The number of amides is 2. The summed E-state index contributed by atoms with van der Waals surface area (Å²) in [5.74, 6) is -2.14. The lowest BCUT2D eigenvalue weighted by Crippen LogP contribution is -2.71. The van der Waals surface area contributed by atoms with E-state index in [1.54, 1.807) is 11.4 Å². The number of rotatable bonds is 12. The van der Waals surface area contributed by atoms with Crippen molar-refractivity contribution in [3.8, 4) is 0 Å². The average Bonchev–Trinajstić information content (AvgIpc) is 3.86. The number of fused-ring (bicyclic) bond motifs is 2. The molecule has 3 fully saturated rings. The Bertz CT molecular complexity index is 1950. The Kier molecular flexibility index (Phi) is 9.85. The van der Waals surface area contributed by atoms with Gasteiger partial charge in [-0.15, -0.1) is 34.9 Å². The summed E-state index contributed by atoms with van der Waals surface area (Å²) < 4.78 is 18.0. The molecular weight excluding hydrogens is 704 g/mol. The first-order valence-corrected chi connectivity index (χ1v) is 19.0. The Hall–Kier alpha value is -4.03. The van der Waals surface area contributed by atoms with E-state index in [-0.39, 0.29) is 46.5 Å². The molecule has 1 aromatic carbocycles. The fourth-order valence-electron chi connectivity index (χ4n) is 6.44. The number of halogens is 1. The predicted molar refractivity (Wildman–Crippen MR) is 190 cm³/mol. The minimum absolute atomic E-state index is 0.0453. The van der Waals surface area contributed by atoms with Crippen LogP contribution in [-0.2, 0) is 19.2 Å². The van der Waals surface area contributed by atoms with E-state index in [1.807, 2.05) is 25.4 Å². The number of β-lactam (4-membered cyclic amide) rings is 1. The lowest BCUT2D eigenvalue weighted by Gasteiger charge is -2.49. The number of nitrogens with two attached hydrogens (primary N) is 1. The number of piperazine rings is 1. The van der Waals surface area contributed by atoms with Gasteiger partial charge >= 0.3 is 5.97 Å². The fourth-order valence-corrected chi connectivity index (χ4v) is 9.50. The summed E-state index contributed by atoms with van der Waals surface area (Å²) in [6.07, 6.45) is 5.64. The first-order chi connectivity index (χ1) is 24.2. The van der Waals surface area contributed by atoms with Crippen molar-refractivity contribution >= 4 is 74.4 Å². The molecule has 0 bridgehead atoms. The van der Waals surface area contributed by atoms with Gasteiger partial charge in [-0.2, -0.15) is 4.57 Å². The molecule has 3 aliphatic heterocycles. The number of carboxylic acid groups (broad SMARTS) is 1. The highest BCUT2D eigenvalue weighted by Crippen LogP contribution is 2.43. The van der Waals surface area contributed by atoms with E-state index in [0.717, 1.165) is 53.1 Å². The van der Waals surface area contributed by atoms with Crippen LogP contribution in [0.15, 0.2) is 63.8 Å². The van der Waals surface area contributed by atoms with E-state index in [1.165, 1.54) is 34.5 Å². The smallest absolute Gasteiger partial charge is 0.352 e. The van der Waals surface area contributed by atoms with Crippen LogP contribution in [0.25, 0.3) is 10.9 Å². The van der Waals surface area contributed by atoms with Gasteiger partial charge in [0.1, 0.15) is 35.2 Å². The normalized spacial score (nSPS) is 22.7. The van der Waals surface area contributed by atoms with Crippen LogP contribution >= 0.6 is 34.9 Å². The van der Waals surface area contributed by atoms with E-state index >= 15 is 4.39 Å². The molecule has 1 saturated carbocycles. The van der Waals surface area contributed by atoms with Gasteiger partial charge in [0, 0.05) is 72.0 Å². The molecule has 2 aromatic heterocycles. The summed E-state index contributed by atoms with van der Waals surface area (Å²) in [7, 11) is 2.02. The van der Waals surface area contributed by atoms with Gasteiger partial charge in [-0.05, 0) is 18.7 Å². The number of aliphatic carboxylic acids is 1. The highest BCUT2D eigenvalue weighted by molar-refractivity contribution is 8.01. The number of nitrogens with zero attached hydrogens (tertiary/aromatic N) is 5. The van der Waals surface area contributed by atoms with Gasteiger partial charge in [0.15, 0.2) is 23.1 Å². The van der Waals surface area contributed by atoms with Crippen molar-refractivity contribution in [3.63, 3.8) is 0 Å². The third-order valence-electron chi connectivity index (χ3n) is 9.12. The average molecular weight is 740 g/mol. The van der Waals surface area contributed by atoms with Crippen LogP contribution in [0.5, 0.6) is 0 Å². The van der Waals surface area contributed by atoms with E-state index in [2.05, 4.69) is 36.8 Å².